The molecule has 1 unspecified atom stereocenters. The zero-order valence-corrected chi connectivity index (χ0v) is 11.5. The molecule has 3 N–H and O–H groups in total. The molecule has 0 radical (unpaired) electrons. The lowest BCUT2D eigenvalue weighted by atomic mass is 10.1. The van der Waals surface area contributed by atoms with Crippen molar-refractivity contribution in [2.45, 2.75) is 38.6 Å². The van der Waals surface area contributed by atoms with Crippen LogP contribution in [-0.2, 0) is 4.79 Å². The van der Waals surface area contributed by atoms with E-state index in [0.717, 1.165) is 43.8 Å². The number of carbonyl (C=O) groups is 2. The van der Waals surface area contributed by atoms with Crippen molar-refractivity contribution in [2.24, 2.45) is 0 Å². The van der Waals surface area contributed by atoms with Crippen molar-refractivity contribution in [1.82, 2.24) is 9.69 Å². The normalized spacial score (nSPS) is 19.7. The van der Waals surface area contributed by atoms with E-state index in [4.69, 9.17) is 5.11 Å². The van der Waals surface area contributed by atoms with Crippen molar-refractivity contribution in [3.63, 3.8) is 0 Å². The van der Waals surface area contributed by atoms with Gasteiger partial charge in [-0.05, 0) is 37.8 Å². The maximum absolute atomic E-state index is 12.1. The van der Waals surface area contributed by atoms with Gasteiger partial charge in [0.05, 0.1) is 11.7 Å². The standard InChI is InChI=1S/C12H17N3O3S/c1-7-9(12(17)18)11(19-15-7)14-10(16)8-5-3-2-4-6-13-8/h8,13H,2-6H2,1H3,(H,14,16)(H,17,18). The van der Waals surface area contributed by atoms with Gasteiger partial charge >= 0.3 is 5.97 Å². The molecule has 6 nitrogen and oxygen atoms in total. The fourth-order valence-corrected chi connectivity index (χ4v) is 2.95. The summed E-state index contributed by atoms with van der Waals surface area (Å²) in [7, 11) is 0. The number of aryl methyl sites for hydroxylation is 1. The molecule has 2 heterocycles. The smallest absolute Gasteiger partial charge is 0.340 e. The highest BCUT2D eigenvalue weighted by molar-refractivity contribution is 7.11. The molecule has 0 spiro atoms. The van der Waals surface area contributed by atoms with Crippen LogP contribution in [0.1, 0.15) is 41.7 Å². The van der Waals surface area contributed by atoms with E-state index in [1.807, 2.05) is 0 Å². The second-order valence-electron chi connectivity index (χ2n) is 4.62. The fourth-order valence-electron chi connectivity index (χ4n) is 2.16. The van der Waals surface area contributed by atoms with E-state index in [2.05, 4.69) is 15.0 Å². The molecular weight excluding hydrogens is 266 g/mol. The monoisotopic (exact) mass is 283 g/mol. The Morgan fingerprint density at radius 1 is 1.42 bits per heavy atom. The van der Waals surface area contributed by atoms with E-state index in [-0.39, 0.29) is 17.5 Å². The van der Waals surface area contributed by atoms with Gasteiger partial charge in [-0.15, -0.1) is 0 Å². The minimum Gasteiger partial charge on any atom is -0.478 e. The Balaban J connectivity index is 2.08. The van der Waals surface area contributed by atoms with Gasteiger partial charge in [0.25, 0.3) is 0 Å². The number of aromatic nitrogens is 1. The van der Waals surface area contributed by atoms with Gasteiger partial charge in [-0.25, -0.2) is 4.79 Å². The van der Waals surface area contributed by atoms with Crippen molar-refractivity contribution in [2.75, 3.05) is 11.9 Å². The number of aromatic carboxylic acids is 1. The van der Waals surface area contributed by atoms with E-state index in [9.17, 15) is 9.59 Å². The number of amides is 1. The van der Waals surface area contributed by atoms with Crippen molar-refractivity contribution >= 4 is 28.4 Å². The molecular formula is C12H17N3O3S. The summed E-state index contributed by atoms with van der Waals surface area (Å²) in [5.41, 5.74) is 0.522. The average molecular weight is 283 g/mol. The Labute approximate surface area is 115 Å². The van der Waals surface area contributed by atoms with Crippen molar-refractivity contribution in [1.29, 1.82) is 0 Å². The molecule has 1 aliphatic heterocycles. The predicted molar refractivity (Wildman–Crippen MR) is 72.7 cm³/mol. The molecule has 1 saturated heterocycles. The Kier molecular flexibility index (Phi) is 4.49. The Morgan fingerprint density at radius 3 is 2.95 bits per heavy atom. The Bertz CT molecular complexity index is 479. The van der Waals surface area contributed by atoms with E-state index in [0.29, 0.717) is 10.7 Å². The van der Waals surface area contributed by atoms with E-state index in [1.165, 1.54) is 0 Å². The molecule has 19 heavy (non-hydrogen) atoms. The SMILES string of the molecule is Cc1nsc(NC(=O)C2CCCCCN2)c1C(=O)O. The zero-order chi connectivity index (χ0) is 13.8. The highest BCUT2D eigenvalue weighted by Gasteiger charge is 2.24. The van der Waals surface area contributed by atoms with Crippen LogP contribution in [0, 0.1) is 6.92 Å². The minimum absolute atomic E-state index is 0.0898. The van der Waals surface area contributed by atoms with Gasteiger partial charge < -0.3 is 15.7 Å². The van der Waals surface area contributed by atoms with Crippen LogP contribution in [0.15, 0.2) is 0 Å². The third-order valence-corrected chi connectivity index (χ3v) is 4.04. The van der Waals surface area contributed by atoms with Crippen molar-refractivity contribution < 1.29 is 14.7 Å². The highest BCUT2D eigenvalue weighted by atomic mass is 32.1. The van der Waals surface area contributed by atoms with Crippen LogP contribution >= 0.6 is 11.5 Å². The predicted octanol–water partition coefficient (Wildman–Crippen LogP) is 1.62. The van der Waals surface area contributed by atoms with Crippen LogP contribution in [0.2, 0.25) is 0 Å². The molecule has 7 heteroatoms. The summed E-state index contributed by atoms with van der Waals surface area (Å²) in [5.74, 6) is -1.23. The maximum atomic E-state index is 12.1. The Hall–Kier alpha value is -1.47. The third kappa shape index (κ3) is 3.30. The Morgan fingerprint density at radius 2 is 2.21 bits per heavy atom. The van der Waals surface area contributed by atoms with E-state index >= 15 is 0 Å². The number of carbonyl (C=O) groups excluding carboxylic acids is 1. The number of hydrogen-bond acceptors (Lipinski definition) is 5. The largest absolute Gasteiger partial charge is 0.478 e. The third-order valence-electron chi connectivity index (χ3n) is 3.19. The van der Waals surface area contributed by atoms with Gasteiger partial charge in [-0.1, -0.05) is 12.8 Å². The number of carboxylic acid groups (broad SMARTS) is 1. The quantitative estimate of drug-likeness (QED) is 0.784. The molecule has 2 rings (SSSR count). The summed E-state index contributed by atoms with van der Waals surface area (Å²) in [5, 5.41) is 15.3. The van der Waals surface area contributed by atoms with Crippen LogP contribution in [0.25, 0.3) is 0 Å². The topological polar surface area (TPSA) is 91.3 Å². The molecule has 1 aliphatic rings. The molecule has 1 fully saturated rings. The first-order chi connectivity index (χ1) is 9.09. The second kappa shape index (κ2) is 6.12. The summed E-state index contributed by atoms with van der Waals surface area (Å²) in [6, 6.07) is -0.244. The number of anilines is 1. The van der Waals surface area contributed by atoms with Crippen LogP contribution < -0.4 is 10.6 Å². The number of nitrogens with zero attached hydrogens (tertiary/aromatic N) is 1. The van der Waals surface area contributed by atoms with Crippen LogP contribution in [0.4, 0.5) is 5.00 Å². The van der Waals surface area contributed by atoms with E-state index in [1.54, 1.807) is 6.92 Å². The molecule has 0 saturated carbocycles. The van der Waals surface area contributed by atoms with Crippen molar-refractivity contribution in [3.05, 3.63) is 11.3 Å². The molecule has 0 aliphatic carbocycles. The minimum atomic E-state index is -1.06. The first-order valence-corrected chi connectivity index (χ1v) is 7.10. The molecule has 0 aromatic carbocycles. The summed E-state index contributed by atoms with van der Waals surface area (Å²) < 4.78 is 3.98. The molecule has 1 aromatic heterocycles. The lowest BCUT2D eigenvalue weighted by Gasteiger charge is -2.14. The average Bonchev–Trinajstić information content (AvgIpc) is 2.59. The van der Waals surface area contributed by atoms with Gasteiger partial charge in [0.15, 0.2) is 0 Å². The van der Waals surface area contributed by atoms with Gasteiger partial charge in [0, 0.05) is 0 Å². The zero-order valence-electron chi connectivity index (χ0n) is 10.7. The van der Waals surface area contributed by atoms with E-state index < -0.39 is 5.97 Å². The molecule has 0 bridgehead atoms. The summed E-state index contributed by atoms with van der Waals surface area (Å²) in [6.07, 6.45) is 3.99. The highest BCUT2D eigenvalue weighted by Crippen LogP contribution is 2.25. The number of carboxylic acids is 1. The first-order valence-electron chi connectivity index (χ1n) is 6.33. The first kappa shape index (κ1) is 14.0. The van der Waals surface area contributed by atoms with Gasteiger partial charge in [0.1, 0.15) is 10.6 Å². The van der Waals surface area contributed by atoms with Gasteiger partial charge in [-0.2, -0.15) is 4.37 Å². The molecule has 1 atom stereocenters. The molecule has 104 valence electrons. The number of hydrogen-bond donors (Lipinski definition) is 3. The van der Waals surface area contributed by atoms with Crippen LogP contribution in [-0.4, -0.2) is 33.9 Å². The molecule has 1 amide bonds. The number of nitrogens with one attached hydrogen (secondary N) is 2. The number of rotatable bonds is 3. The lowest BCUT2D eigenvalue weighted by Crippen LogP contribution is -2.39. The lowest BCUT2D eigenvalue weighted by molar-refractivity contribution is -0.118. The molecule has 1 aromatic rings. The van der Waals surface area contributed by atoms with Crippen LogP contribution in [0.5, 0.6) is 0 Å². The summed E-state index contributed by atoms with van der Waals surface area (Å²) >= 11 is 1.01. The van der Waals surface area contributed by atoms with Gasteiger partial charge in [-0.3, -0.25) is 4.79 Å². The fraction of sp³-hybridized carbons (Fsp3) is 0.583. The van der Waals surface area contributed by atoms with Gasteiger partial charge in [0.2, 0.25) is 5.91 Å². The summed E-state index contributed by atoms with van der Waals surface area (Å²) in [4.78, 5) is 23.2. The van der Waals surface area contributed by atoms with Crippen molar-refractivity contribution in [3.8, 4) is 0 Å². The maximum Gasteiger partial charge on any atom is 0.340 e. The van der Waals surface area contributed by atoms with Crippen LogP contribution in [0.3, 0.4) is 0 Å². The second-order valence-corrected chi connectivity index (χ2v) is 5.40. The summed E-state index contributed by atoms with van der Waals surface area (Å²) in [6.45, 7) is 2.45.